The van der Waals surface area contributed by atoms with Gasteiger partial charge in [0.15, 0.2) is 0 Å². The molecule has 3 rings (SSSR count). The van der Waals surface area contributed by atoms with Gasteiger partial charge in [-0.2, -0.15) is 0 Å². The first-order chi connectivity index (χ1) is 6.86. The molecule has 2 heteroatoms. The van der Waals surface area contributed by atoms with E-state index < -0.39 is 0 Å². The third-order valence-electron chi connectivity index (χ3n) is 6.03. The van der Waals surface area contributed by atoms with Crippen LogP contribution in [0, 0.1) is 22.2 Å². The predicted molar refractivity (Wildman–Crippen MR) is 57.2 cm³/mol. The normalized spacial score (nSPS) is 53.9. The lowest BCUT2D eigenvalue weighted by atomic mass is 9.53. The molecule has 0 amide bonds. The molecule has 0 aromatic heterocycles. The predicted octanol–water partition coefficient (Wildman–Crippen LogP) is 2.76. The zero-order valence-electron chi connectivity index (χ0n) is 10.1. The van der Waals surface area contributed by atoms with Gasteiger partial charge in [-0.05, 0) is 36.0 Å². The summed E-state index contributed by atoms with van der Waals surface area (Å²) in [6.45, 7) is 8.63. The molecule has 84 valence electrons. The van der Waals surface area contributed by atoms with Crippen LogP contribution in [0.2, 0.25) is 0 Å². The smallest absolute Gasteiger partial charge is 0.302 e. The van der Waals surface area contributed by atoms with Gasteiger partial charge in [0.05, 0.1) is 0 Å². The van der Waals surface area contributed by atoms with Crippen LogP contribution in [0.15, 0.2) is 0 Å². The van der Waals surface area contributed by atoms with E-state index in [0.29, 0.717) is 10.8 Å². The number of hydrogen-bond donors (Lipinski definition) is 0. The molecule has 3 aliphatic carbocycles. The van der Waals surface area contributed by atoms with Gasteiger partial charge >= 0.3 is 5.97 Å². The molecule has 1 spiro atoms. The Morgan fingerprint density at radius 2 is 2.00 bits per heavy atom. The summed E-state index contributed by atoms with van der Waals surface area (Å²) in [6, 6.07) is 0. The zero-order chi connectivity index (χ0) is 11.1. The van der Waals surface area contributed by atoms with Crippen LogP contribution >= 0.6 is 0 Å². The van der Waals surface area contributed by atoms with Gasteiger partial charge in [0.2, 0.25) is 0 Å². The van der Waals surface area contributed by atoms with Gasteiger partial charge in [-0.25, -0.2) is 0 Å². The maximum absolute atomic E-state index is 11.0. The molecule has 0 bridgehead atoms. The monoisotopic (exact) mass is 208 g/mol. The zero-order valence-corrected chi connectivity index (χ0v) is 10.1. The molecule has 4 atom stereocenters. The van der Waals surface area contributed by atoms with Crippen molar-refractivity contribution in [2.45, 2.75) is 53.1 Å². The topological polar surface area (TPSA) is 26.3 Å². The lowest BCUT2D eigenvalue weighted by molar-refractivity contribution is -0.186. The van der Waals surface area contributed by atoms with E-state index in [1.165, 1.54) is 19.8 Å². The van der Waals surface area contributed by atoms with E-state index in [1.54, 1.807) is 0 Å². The molecule has 0 heterocycles. The molecule has 2 nitrogen and oxygen atoms in total. The van der Waals surface area contributed by atoms with E-state index in [1.807, 2.05) is 0 Å². The van der Waals surface area contributed by atoms with E-state index in [-0.39, 0.29) is 17.5 Å². The molecule has 0 N–H and O–H groups in total. The lowest BCUT2D eigenvalue weighted by Crippen LogP contribution is -2.55. The molecule has 3 aliphatic rings. The number of rotatable bonds is 1. The molecule has 0 aromatic rings. The van der Waals surface area contributed by atoms with E-state index in [0.717, 1.165) is 12.3 Å². The maximum atomic E-state index is 11.0. The molecule has 0 aromatic carbocycles. The highest BCUT2D eigenvalue weighted by Gasteiger charge is 2.87. The summed E-state index contributed by atoms with van der Waals surface area (Å²) in [7, 11) is 0. The number of ether oxygens (including phenoxy) is 1. The fourth-order valence-electron chi connectivity index (χ4n) is 5.22. The quantitative estimate of drug-likeness (QED) is 0.619. The Balaban J connectivity index is 1.86. The second-order valence-corrected chi connectivity index (χ2v) is 6.50. The largest absolute Gasteiger partial charge is 0.462 e. The fraction of sp³-hybridized carbons (Fsp3) is 0.923. The summed E-state index contributed by atoms with van der Waals surface area (Å²) >= 11 is 0. The first-order valence-corrected chi connectivity index (χ1v) is 6.03. The van der Waals surface area contributed by atoms with E-state index in [4.69, 9.17) is 4.74 Å². The van der Waals surface area contributed by atoms with Crippen molar-refractivity contribution < 1.29 is 9.53 Å². The van der Waals surface area contributed by atoms with Crippen LogP contribution in [0.25, 0.3) is 0 Å². The average molecular weight is 208 g/mol. The number of carbonyl (C=O) groups is 1. The Labute approximate surface area is 91.4 Å². The van der Waals surface area contributed by atoms with Gasteiger partial charge in [0.1, 0.15) is 6.10 Å². The van der Waals surface area contributed by atoms with Crippen molar-refractivity contribution in [3.05, 3.63) is 0 Å². The highest BCUT2D eigenvalue weighted by Crippen LogP contribution is 2.90. The van der Waals surface area contributed by atoms with Crippen LogP contribution in [0.4, 0.5) is 0 Å². The second kappa shape index (κ2) is 2.26. The highest BCUT2D eigenvalue weighted by atomic mass is 16.5. The average Bonchev–Trinajstić information content (AvgIpc) is 2.47. The maximum Gasteiger partial charge on any atom is 0.302 e. The minimum Gasteiger partial charge on any atom is -0.462 e. The number of hydrogen-bond acceptors (Lipinski definition) is 2. The first kappa shape index (κ1) is 9.68. The summed E-state index contributed by atoms with van der Waals surface area (Å²) in [5, 5.41) is 0. The summed E-state index contributed by atoms with van der Waals surface area (Å²) in [6.07, 6.45) is 3.89. The minimum atomic E-state index is -0.113. The Hall–Kier alpha value is -0.530. The van der Waals surface area contributed by atoms with Crippen molar-refractivity contribution in [2.24, 2.45) is 22.2 Å². The van der Waals surface area contributed by atoms with Gasteiger partial charge in [0.25, 0.3) is 0 Å². The summed E-state index contributed by atoms with van der Waals surface area (Å²) < 4.78 is 5.45. The molecule has 4 unspecified atom stereocenters. The van der Waals surface area contributed by atoms with Crippen molar-refractivity contribution in [2.75, 3.05) is 0 Å². The Kier molecular flexibility index (Phi) is 1.46. The fourth-order valence-corrected chi connectivity index (χ4v) is 5.22. The van der Waals surface area contributed by atoms with Crippen LogP contribution in [0.5, 0.6) is 0 Å². The summed E-state index contributed by atoms with van der Waals surface area (Å²) in [4.78, 5) is 11.0. The van der Waals surface area contributed by atoms with Crippen LogP contribution in [0.3, 0.4) is 0 Å². The van der Waals surface area contributed by atoms with Gasteiger partial charge in [0, 0.05) is 12.3 Å². The van der Waals surface area contributed by atoms with Crippen molar-refractivity contribution in [3.8, 4) is 0 Å². The molecule has 3 fully saturated rings. The van der Waals surface area contributed by atoms with Crippen LogP contribution in [-0.2, 0) is 9.53 Å². The van der Waals surface area contributed by atoms with Gasteiger partial charge in [-0.1, -0.05) is 20.8 Å². The third kappa shape index (κ3) is 0.754. The molecule has 0 radical (unpaired) electrons. The van der Waals surface area contributed by atoms with Crippen LogP contribution in [-0.4, -0.2) is 12.1 Å². The van der Waals surface area contributed by atoms with Crippen molar-refractivity contribution in [1.29, 1.82) is 0 Å². The first-order valence-electron chi connectivity index (χ1n) is 6.03. The van der Waals surface area contributed by atoms with Crippen molar-refractivity contribution in [1.82, 2.24) is 0 Å². The number of carbonyl (C=O) groups excluding carboxylic acids is 1. The lowest BCUT2D eigenvalue weighted by Gasteiger charge is -2.54. The second-order valence-electron chi connectivity index (χ2n) is 6.50. The van der Waals surface area contributed by atoms with E-state index >= 15 is 0 Å². The van der Waals surface area contributed by atoms with Crippen LogP contribution < -0.4 is 0 Å². The van der Waals surface area contributed by atoms with Crippen molar-refractivity contribution in [3.63, 3.8) is 0 Å². The number of esters is 1. The minimum absolute atomic E-state index is 0.113. The summed E-state index contributed by atoms with van der Waals surface area (Å²) in [5.41, 5.74) is 1.30. The van der Waals surface area contributed by atoms with Crippen molar-refractivity contribution >= 4 is 5.97 Å². The Morgan fingerprint density at radius 3 is 2.53 bits per heavy atom. The van der Waals surface area contributed by atoms with Gasteiger partial charge in [-0.15, -0.1) is 0 Å². The SMILES string of the molecule is CC(=O)OC1CC23C(CCC12C)C3(C)C. The molecular weight excluding hydrogens is 188 g/mol. The highest BCUT2D eigenvalue weighted by molar-refractivity contribution is 5.66. The molecule has 0 saturated heterocycles. The molecule has 3 saturated carbocycles. The Bertz CT molecular complexity index is 346. The Morgan fingerprint density at radius 1 is 1.33 bits per heavy atom. The third-order valence-corrected chi connectivity index (χ3v) is 6.03. The van der Waals surface area contributed by atoms with E-state index in [2.05, 4.69) is 20.8 Å². The molecular formula is C13H20O2. The van der Waals surface area contributed by atoms with Gasteiger partial charge < -0.3 is 4.74 Å². The standard InChI is InChI=1S/C13H20O2/c1-8(14)15-10-7-13-9(11(13,2)3)5-6-12(10,13)4/h9-10H,5-7H2,1-4H3. The summed E-state index contributed by atoms with van der Waals surface area (Å²) in [5.74, 6) is 0.778. The van der Waals surface area contributed by atoms with Gasteiger partial charge in [-0.3, -0.25) is 4.79 Å². The molecule has 15 heavy (non-hydrogen) atoms. The van der Waals surface area contributed by atoms with Crippen LogP contribution in [0.1, 0.15) is 47.0 Å². The molecule has 0 aliphatic heterocycles. The van der Waals surface area contributed by atoms with E-state index in [9.17, 15) is 4.79 Å².